The molecule has 0 saturated carbocycles. The highest BCUT2D eigenvalue weighted by molar-refractivity contribution is 5.69. The summed E-state index contributed by atoms with van der Waals surface area (Å²) in [7, 11) is 0. The molecule has 1 aromatic carbocycles. The van der Waals surface area contributed by atoms with Crippen LogP contribution in [0.15, 0.2) is 18.3 Å². The smallest absolute Gasteiger partial charge is 0.410 e. The summed E-state index contributed by atoms with van der Waals surface area (Å²) in [6, 6.07) is 6.46. The molecule has 6 nitrogen and oxygen atoms in total. The van der Waals surface area contributed by atoms with Gasteiger partial charge in [0.2, 0.25) is 0 Å². The number of amides is 1. The van der Waals surface area contributed by atoms with E-state index in [4.69, 9.17) is 4.74 Å². The van der Waals surface area contributed by atoms with E-state index in [2.05, 4.69) is 37.1 Å². The average molecular weight is 380 g/mol. The predicted octanol–water partition coefficient (Wildman–Crippen LogP) is 4.50. The van der Waals surface area contributed by atoms with Gasteiger partial charge in [-0.3, -0.25) is 4.90 Å². The zero-order chi connectivity index (χ0) is 20.6. The lowest BCUT2D eigenvalue weighted by Gasteiger charge is -2.24. The zero-order valence-electron chi connectivity index (χ0n) is 17.5. The molecular formula is C22H28N4O2. The van der Waals surface area contributed by atoms with Crippen molar-refractivity contribution in [1.29, 1.82) is 5.26 Å². The lowest BCUT2D eigenvalue weighted by Crippen LogP contribution is -2.33. The molecule has 0 aliphatic carbocycles. The Labute approximate surface area is 166 Å². The molecule has 28 heavy (non-hydrogen) atoms. The van der Waals surface area contributed by atoms with E-state index >= 15 is 0 Å². The molecule has 3 rings (SSSR count). The van der Waals surface area contributed by atoms with Gasteiger partial charge in [-0.05, 0) is 57.2 Å². The number of hydrogen-bond donors (Lipinski definition) is 0. The van der Waals surface area contributed by atoms with E-state index in [1.807, 2.05) is 33.9 Å². The van der Waals surface area contributed by atoms with Crippen LogP contribution in [0.5, 0.6) is 0 Å². The van der Waals surface area contributed by atoms with E-state index in [0.717, 1.165) is 28.9 Å². The monoisotopic (exact) mass is 380 g/mol. The first kappa shape index (κ1) is 19.9. The molecule has 0 N–H and O–H groups in total. The number of carbonyl (C=O) groups is 1. The molecule has 0 atom stereocenters. The second-order valence-electron chi connectivity index (χ2n) is 8.90. The Balaban J connectivity index is 1.87. The minimum atomic E-state index is -0.521. The molecule has 1 aliphatic heterocycles. The van der Waals surface area contributed by atoms with Gasteiger partial charge >= 0.3 is 6.09 Å². The van der Waals surface area contributed by atoms with Crippen LogP contribution in [0.25, 0.3) is 5.69 Å². The van der Waals surface area contributed by atoms with E-state index < -0.39 is 5.60 Å². The summed E-state index contributed by atoms with van der Waals surface area (Å²) in [5, 5.41) is 14.3. The molecule has 6 heteroatoms. The van der Waals surface area contributed by atoms with E-state index in [1.54, 1.807) is 9.58 Å². The van der Waals surface area contributed by atoms with Crippen molar-refractivity contribution in [2.24, 2.45) is 5.92 Å². The van der Waals surface area contributed by atoms with Gasteiger partial charge in [-0.25, -0.2) is 9.48 Å². The van der Waals surface area contributed by atoms with E-state index in [1.165, 1.54) is 5.56 Å². The Morgan fingerprint density at radius 2 is 2.04 bits per heavy atom. The summed E-state index contributed by atoms with van der Waals surface area (Å²) >= 11 is 0. The predicted molar refractivity (Wildman–Crippen MR) is 107 cm³/mol. The molecule has 2 heterocycles. The first-order valence-corrected chi connectivity index (χ1v) is 9.66. The Bertz CT molecular complexity index is 921. The highest BCUT2D eigenvalue weighted by Gasteiger charge is 2.30. The van der Waals surface area contributed by atoms with Crippen molar-refractivity contribution in [2.75, 3.05) is 0 Å². The van der Waals surface area contributed by atoms with Crippen molar-refractivity contribution in [1.82, 2.24) is 14.7 Å². The molecule has 0 unspecified atom stereocenters. The third-order valence-electron chi connectivity index (χ3n) is 4.61. The second kappa shape index (κ2) is 7.31. The zero-order valence-corrected chi connectivity index (χ0v) is 17.5. The van der Waals surface area contributed by atoms with Gasteiger partial charge in [0, 0.05) is 11.8 Å². The quantitative estimate of drug-likeness (QED) is 0.786. The molecule has 0 spiro atoms. The van der Waals surface area contributed by atoms with Crippen molar-refractivity contribution >= 4 is 6.09 Å². The molecule has 0 bridgehead atoms. The van der Waals surface area contributed by atoms with E-state index in [0.29, 0.717) is 24.6 Å². The summed E-state index contributed by atoms with van der Waals surface area (Å²) in [6.07, 6.45) is 2.55. The molecule has 0 fully saturated rings. The van der Waals surface area contributed by atoms with Crippen LogP contribution in [-0.2, 0) is 24.2 Å². The van der Waals surface area contributed by atoms with Gasteiger partial charge in [-0.2, -0.15) is 10.4 Å². The summed E-state index contributed by atoms with van der Waals surface area (Å²) in [6.45, 7) is 12.8. The summed E-state index contributed by atoms with van der Waals surface area (Å²) in [4.78, 5) is 14.0. The van der Waals surface area contributed by atoms with Crippen LogP contribution in [0.4, 0.5) is 4.79 Å². The molecule has 1 amide bonds. The number of nitriles is 1. The highest BCUT2D eigenvalue weighted by Crippen LogP contribution is 2.27. The maximum Gasteiger partial charge on any atom is 0.410 e. The van der Waals surface area contributed by atoms with Crippen LogP contribution in [0.1, 0.15) is 62.6 Å². The van der Waals surface area contributed by atoms with Crippen molar-refractivity contribution in [3.8, 4) is 11.8 Å². The van der Waals surface area contributed by atoms with Gasteiger partial charge < -0.3 is 4.74 Å². The number of aromatic nitrogens is 2. The van der Waals surface area contributed by atoms with Crippen LogP contribution < -0.4 is 0 Å². The van der Waals surface area contributed by atoms with Crippen molar-refractivity contribution < 1.29 is 9.53 Å². The number of carbonyl (C=O) groups excluding carboxylic acids is 1. The lowest BCUT2D eigenvalue weighted by molar-refractivity contribution is 0.0239. The van der Waals surface area contributed by atoms with E-state index in [-0.39, 0.29) is 6.09 Å². The van der Waals surface area contributed by atoms with Gasteiger partial charge in [-0.1, -0.05) is 19.9 Å². The maximum atomic E-state index is 12.3. The van der Waals surface area contributed by atoms with Gasteiger partial charge in [0.25, 0.3) is 0 Å². The minimum Gasteiger partial charge on any atom is -0.444 e. The van der Waals surface area contributed by atoms with Crippen LogP contribution in [0, 0.1) is 24.2 Å². The van der Waals surface area contributed by atoms with Crippen LogP contribution >= 0.6 is 0 Å². The van der Waals surface area contributed by atoms with Crippen LogP contribution in [0.3, 0.4) is 0 Å². The normalized spacial score (nSPS) is 13.6. The fourth-order valence-electron chi connectivity index (χ4n) is 3.49. The Hall–Kier alpha value is -2.81. The average Bonchev–Trinajstić information content (AvgIpc) is 3.10. The molecule has 2 aromatic rings. The SMILES string of the molecule is Cc1cc(CC(C)C)cc(-n2cc3c(n2)CN(C(=O)OC(C)(C)C)C3)c1C#N. The Morgan fingerprint density at radius 1 is 1.32 bits per heavy atom. The molecule has 148 valence electrons. The molecule has 1 aromatic heterocycles. The topological polar surface area (TPSA) is 71.2 Å². The summed E-state index contributed by atoms with van der Waals surface area (Å²) in [5.41, 5.74) is 4.92. The number of fused-ring (bicyclic) bond motifs is 1. The Morgan fingerprint density at radius 3 is 2.61 bits per heavy atom. The van der Waals surface area contributed by atoms with Gasteiger partial charge in [0.1, 0.15) is 11.7 Å². The Kier molecular flexibility index (Phi) is 5.20. The minimum absolute atomic E-state index is 0.329. The summed E-state index contributed by atoms with van der Waals surface area (Å²) < 4.78 is 7.24. The summed E-state index contributed by atoms with van der Waals surface area (Å²) in [5.74, 6) is 0.533. The molecule has 0 saturated heterocycles. The molecule has 0 radical (unpaired) electrons. The second-order valence-corrected chi connectivity index (χ2v) is 8.90. The first-order valence-electron chi connectivity index (χ1n) is 9.66. The van der Waals surface area contributed by atoms with E-state index in [9.17, 15) is 10.1 Å². The standard InChI is InChI=1S/C22H28N4O2/c1-14(2)7-16-8-15(3)18(10-23)20(9-16)26-12-17-11-25(13-19(17)24-26)21(27)28-22(4,5)6/h8-9,12,14H,7,11,13H2,1-6H3. The number of nitrogens with zero attached hydrogens (tertiary/aromatic N) is 4. The third kappa shape index (κ3) is 4.19. The number of hydrogen-bond acceptors (Lipinski definition) is 4. The fourth-order valence-corrected chi connectivity index (χ4v) is 3.49. The molecule has 1 aliphatic rings. The van der Waals surface area contributed by atoms with Crippen LogP contribution in [0.2, 0.25) is 0 Å². The van der Waals surface area contributed by atoms with Gasteiger partial charge in [-0.15, -0.1) is 0 Å². The van der Waals surface area contributed by atoms with Crippen molar-refractivity contribution in [3.05, 3.63) is 46.3 Å². The fraction of sp³-hybridized carbons (Fsp3) is 0.500. The number of benzene rings is 1. The lowest BCUT2D eigenvalue weighted by atomic mass is 9.97. The highest BCUT2D eigenvalue weighted by atomic mass is 16.6. The third-order valence-corrected chi connectivity index (χ3v) is 4.61. The van der Waals surface area contributed by atoms with Crippen LogP contribution in [-0.4, -0.2) is 26.4 Å². The number of rotatable bonds is 3. The number of aryl methyl sites for hydroxylation is 1. The van der Waals surface area contributed by atoms with Crippen molar-refractivity contribution in [2.45, 2.75) is 66.7 Å². The number of ether oxygens (including phenoxy) is 1. The van der Waals surface area contributed by atoms with Gasteiger partial charge in [0.05, 0.1) is 30.0 Å². The maximum absolute atomic E-state index is 12.3. The largest absolute Gasteiger partial charge is 0.444 e. The van der Waals surface area contributed by atoms with Crippen molar-refractivity contribution in [3.63, 3.8) is 0 Å². The van der Waals surface area contributed by atoms with Gasteiger partial charge in [0.15, 0.2) is 0 Å². The molecular weight excluding hydrogens is 352 g/mol. The first-order chi connectivity index (χ1) is 13.1.